The van der Waals surface area contributed by atoms with Gasteiger partial charge in [-0.1, -0.05) is 85.8 Å². The molecule has 2 aromatic carbocycles. The number of nitrogens with one attached hydrogen (secondary N) is 1. The third-order valence-corrected chi connectivity index (χ3v) is 6.25. The summed E-state index contributed by atoms with van der Waals surface area (Å²) in [5.74, 6) is -0.0177. The molecule has 4 nitrogen and oxygen atoms in total. The number of aryl methyl sites for hydroxylation is 2. The normalized spacial score (nSPS) is 15.3. The van der Waals surface area contributed by atoms with E-state index in [1.807, 2.05) is 50.2 Å². The van der Waals surface area contributed by atoms with Crippen molar-refractivity contribution in [2.45, 2.75) is 84.3 Å². The molecule has 1 fully saturated rings. The zero-order valence-corrected chi connectivity index (χ0v) is 19.2. The van der Waals surface area contributed by atoms with E-state index in [1.165, 1.54) is 24.8 Å². The lowest BCUT2D eigenvalue weighted by molar-refractivity contribution is -0.141. The Hall–Kier alpha value is -2.62. The highest BCUT2D eigenvalue weighted by Gasteiger charge is 2.30. The zero-order chi connectivity index (χ0) is 22.2. The molecule has 0 aliphatic heterocycles. The van der Waals surface area contributed by atoms with E-state index in [2.05, 4.69) is 24.4 Å². The summed E-state index contributed by atoms with van der Waals surface area (Å²) in [5.41, 5.74) is 4.36. The lowest BCUT2D eigenvalue weighted by Crippen LogP contribution is -2.51. The molecule has 0 radical (unpaired) electrons. The maximum absolute atomic E-state index is 13.4. The number of amides is 2. The van der Waals surface area contributed by atoms with Gasteiger partial charge in [0.1, 0.15) is 6.04 Å². The zero-order valence-electron chi connectivity index (χ0n) is 19.2. The molecule has 0 spiro atoms. The van der Waals surface area contributed by atoms with Gasteiger partial charge >= 0.3 is 0 Å². The van der Waals surface area contributed by atoms with Crippen molar-refractivity contribution >= 4 is 11.8 Å². The summed E-state index contributed by atoms with van der Waals surface area (Å²) in [6, 6.07) is 16.0. The topological polar surface area (TPSA) is 49.4 Å². The van der Waals surface area contributed by atoms with Gasteiger partial charge in [0.05, 0.1) is 6.42 Å². The fourth-order valence-corrected chi connectivity index (χ4v) is 4.45. The number of carbonyl (C=O) groups is 2. The third kappa shape index (κ3) is 6.68. The summed E-state index contributed by atoms with van der Waals surface area (Å²) in [6.45, 7) is 6.52. The van der Waals surface area contributed by atoms with Crippen molar-refractivity contribution in [3.05, 3.63) is 70.8 Å². The summed E-state index contributed by atoms with van der Waals surface area (Å²) in [4.78, 5) is 28.5. The first-order chi connectivity index (χ1) is 15.0. The van der Waals surface area contributed by atoms with Gasteiger partial charge in [0.25, 0.3) is 0 Å². The average molecular weight is 421 g/mol. The van der Waals surface area contributed by atoms with Gasteiger partial charge < -0.3 is 10.2 Å². The van der Waals surface area contributed by atoms with Gasteiger partial charge in [0.2, 0.25) is 11.8 Å². The minimum Gasteiger partial charge on any atom is -0.352 e. The van der Waals surface area contributed by atoms with Crippen molar-refractivity contribution in [3.63, 3.8) is 0 Å². The van der Waals surface area contributed by atoms with Crippen molar-refractivity contribution in [2.24, 2.45) is 0 Å². The fourth-order valence-electron chi connectivity index (χ4n) is 4.45. The van der Waals surface area contributed by atoms with Crippen LogP contribution in [0.15, 0.2) is 48.5 Å². The molecule has 0 heterocycles. The van der Waals surface area contributed by atoms with Crippen LogP contribution in [0.3, 0.4) is 0 Å². The molecular weight excluding hydrogens is 384 g/mol. The first-order valence-corrected chi connectivity index (χ1v) is 11.7. The van der Waals surface area contributed by atoms with E-state index in [1.54, 1.807) is 4.90 Å². The molecule has 1 atom stereocenters. The molecule has 0 unspecified atom stereocenters. The van der Waals surface area contributed by atoms with Crippen LogP contribution in [0.2, 0.25) is 0 Å². The molecule has 0 saturated heterocycles. The molecule has 1 aliphatic rings. The van der Waals surface area contributed by atoms with E-state index in [0.29, 0.717) is 19.4 Å². The molecule has 1 aliphatic carbocycles. The van der Waals surface area contributed by atoms with E-state index >= 15 is 0 Å². The Bertz CT molecular complexity index is 869. The minimum absolute atomic E-state index is 0.00295. The molecule has 0 bridgehead atoms. The van der Waals surface area contributed by atoms with Crippen LogP contribution in [0.5, 0.6) is 0 Å². The maximum atomic E-state index is 13.4. The highest BCUT2D eigenvalue weighted by Crippen LogP contribution is 2.20. The van der Waals surface area contributed by atoms with Crippen LogP contribution in [0.1, 0.15) is 67.7 Å². The van der Waals surface area contributed by atoms with Crippen LogP contribution in [0, 0.1) is 13.8 Å². The summed E-state index contributed by atoms with van der Waals surface area (Å²) >= 11 is 0. The van der Waals surface area contributed by atoms with Crippen molar-refractivity contribution in [1.82, 2.24) is 10.2 Å². The third-order valence-electron chi connectivity index (χ3n) is 6.25. The quantitative estimate of drug-likeness (QED) is 0.646. The van der Waals surface area contributed by atoms with Crippen molar-refractivity contribution in [2.75, 3.05) is 0 Å². The molecule has 1 N–H and O–H groups in total. The lowest BCUT2D eigenvalue weighted by Gasteiger charge is -2.33. The summed E-state index contributed by atoms with van der Waals surface area (Å²) in [5, 5.41) is 3.24. The summed E-state index contributed by atoms with van der Waals surface area (Å²) in [7, 11) is 0. The predicted octanol–water partition coefficient (Wildman–Crippen LogP) is 5.10. The number of benzene rings is 2. The monoisotopic (exact) mass is 420 g/mol. The van der Waals surface area contributed by atoms with Gasteiger partial charge in [0.15, 0.2) is 0 Å². The molecule has 0 aromatic heterocycles. The van der Waals surface area contributed by atoms with Crippen LogP contribution in [0.4, 0.5) is 0 Å². The molecule has 31 heavy (non-hydrogen) atoms. The largest absolute Gasteiger partial charge is 0.352 e. The lowest BCUT2D eigenvalue weighted by atomic mass is 9.95. The maximum Gasteiger partial charge on any atom is 0.243 e. The molecule has 2 aromatic rings. The van der Waals surface area contributed by atoms with Gasteiger partial charge in [0, 0.05) is 12.6 Å². The Morgan fingerprint density at radius 3 is 2.32 bits per heavy atom. The van der Waals surface area contributed by atoms with Gasteiger partial charge in [-0.3, -0.25) is 9.59 Å². The molecule has 1 saturated carbocycles. The Kier molecular flexibility index (Phi) is 8.27. The van der Waals surface area contributed by atoms with E-state index < -0.39 is 6.04 Å². The van der Waals surface area contributed by atoms with Crippen molar-refractivity contribution < 1.29 is 9.59 Å². The minimum atomic E-state index is -0.458. The number of hydrogen-bond donors (Lipinski definition) is 1. The second-order valence-electron chi connectivity index (χ2n) is 8.94. The van der Waals surface area contributed by atoms with Crippen LogP contribution < -0.4 is 5.32 Å². The Morgan fingerprint density at radius 2 is 1.68 bits per heavy atom. The second kappa shape index (κ2) is 11.1. The first-order valence-electron chi connectivity index (χ1n) is 11.7. The van der Waals surface area contributed by atoms with Crippen molar-refractivity contribution in [1.29, 1.82) is 0 Å². The number of rotatable bonds is 8. The van der Waals surface area contributed by atoms with Crippen LogP contribution in [-0.2, 0) is 22.6 Å². The van der Waals surface area contributed by atoms with E-state index in [4.69, 9.17) is 0 Å². The van der Waals surface area contributed by atoms with E-state index in [-0.39, 0.29) is 17.9 Å². The fraction of sp³-hybridized carbons (Fsp3) is 0.481. The second-order valence-corrected chi connectivity index (χ2v) is 8.94. The molecular formula is C27H36N2O2. The first kappa shape index (κ1) is 23.1. The van der Waals surface area contributed by atoms with Gasteiger partial charge in [-0.25, -0.2) is 0 Å². The SMILES string of the molecule is CC[C@H](C(=O)NC1CCCCC1)N(Cc1ccc(C)cc1)C(=O)Cc1cccc(C)c1. The average Bonchev–Trinajstić information content (AvgIpc) is 2.75. The summed E-state index contributed by atoms with van der Waals surface area (Å²) < 4.78 is 0. The van der Waals surface area contributed by atoms with Crippen molar-refractivity contribution in [3.8, 4) is 0 Å². The molecule has 166 valence electrons. The Morgan fingerprint density at radius 1 is 0.968 bits per heavy atom. The number of hydrogen-bond acceptors (Lipinski definition) is 2. The highest BCUT2D eigenvalue weighted by molar-refractivity contribution is 5.88. The van der Waals surface area contributed by atoms with Gasteiger partial charge in [-0.2, -0.15) is 0 Å². The predicted molar refractivity (Wildman–Crippen MR) is 126 cm³/mol. The highest BCUT2D eigenvalue weighted by atomic mass is 16.2. The number of nitrogens with zero attached hydrogens (tertiary/aromatic N) is 1. The molecule has 4 heteroatoms. The standard InChI is InChI=1S/C27H36N2O2/c1-4-25(27(31)28-24-11-6-5-7-12-24)29(19-22-15-13-20(2)14-16-22)26(30)18-23-10-8-9-21(3)17-23/h8-10,13-17,24-25H,4-7,11-12,18-19H2,1-3H3,(H,28,31)/t25-/m1/s1. The Balaban J connectivity index is 1.80. The van der Waals surface area contributed by atoms with E-state index in [0.717, 1.165) is 29.5 Å². The van der Waals surface area contributed by atoms with Gasteiger partial charge in [-0.05, 0) is 44.2 Å². The Labute approximate surface area is 187 Å². The number of carbonyl (C=O) groups excluding carboxylic acids is 2. The van der Waals surface area contributed by atoms with E-state index in [9.17, 15) is 9.59 Å². The molecule has 2 amide bonds. The van der Waals surface area contributed by atoms with Crippen LogP contribution in [-0.4, -0.2) is 28.8 Å². The smallest absolute Gasteiger partial charge is 0.243 e. The summed E-state index contributed by atoms with van der Waals surface area (Å²) in [6.07, 6.45) is 6.57. The van der Waals surface area contributed by atoms with Crippen LogP contribution >= 0.6 is 0 Å². The van der Waals surface area contributed by atoms with Gasteiger partial charge in [-0.15, -0.1) is 0 Å². The molecule has 3 rings (SSSR count). The van der Waals surface area contributed by atoms with Crippen LogP contribution in [0.25, 0.3) is 0 Å².